The van der Waals surface area contributed by atoms with Crippen molar-refractivity contribution in [3.05, 3.63) is 35.4 Å². The largest absolute Gasteiger partial charge is 0.312 e. The van der Waals surface area contributed by atoms with Crippen molar-refractivity contribution in [2.24, 2.45) is 5.92 Å². The van der Waals surface area contributed by atoms with Crippen LogP contribution in [0.5, 0.6) is 0 Å². The Kier molecular flexibility index (Phi) is 6.06. The van der Waals surface area contributed by atoms with Crippen molar-refractivity contribution in [1.82, 2.24) is 10.2 Å². The molecule has 0 aromatic heterocycles. The van der Waals surface area contributed by atoms with Crippen LogP contribution < -0.4 is 5.32 Å². The number of likely N-dealkylation sites (tertiary alicyclic amines) is 1. The molecule has 1 N–H and O–H groups in total. The fourth-order valence-corrected chi connectivity index (χ4v) is 2.95. The summed E-state index contributed by atoms with van der Waals surface area (Å²) >= 11 is 0. The predicted molar refractivity (Wildman–Crippen MR) is 87.1 cm³/mol. The summed E-state index contributed by atoms with van der Waals surface area (Å²) in [5.74, 6) is 1.49. The van der Waals surface area contributed by atoms with Crippen LogP contribution in [-0.4, -0.2) is 31.1 Å². The highest BCUT2D eigenvalue weighted by Crippen LogP contribution is 2.17. The number of piperidine rings is 1. The monoisotopic (exact) mass is 274 g/mol. The van der Waals surface area contributed by atoms with Crippen LogP contribution in [0, 0.1) is 5.92 Å². The molecule has 2 rings (SSSR count). The van der Waals surface area contributed by atoms with E-state index < -0.39 is 0 Å². The van der Waals surface area contributed by atoms with E-state index in [1.54, 1.807) is 0 Å². The highest BCUT2D eigenvalue weighted by atomic mass is 15.1. The van der Waals surface area contributed by atoms with Crippen molar-refractivity contribution < 1.29 is 0 Å². The summed E-state index contributed by atoms with van der Waals surface area (Å²) in [7, 11) is 0. The summed E-state index contributed by atoms with van der Waals surface area (Å²) < 4.78 is 0. The number of hydrogen-bond donors (Lipinski definition) is 1. The SMILES string of the molecule is CCN1CCC(CNCc2ccc(C(C)C)cc2)CC1. The number of nitrogens with one attached hydrogen (secondary N) is 1. The first-order chi connectivity index (χ1) is 9.69. The van der Waals surface area contributed by atoms with Crippen LogP contribution in [0.1, 0.15) is 50.7 Å². The van der Waals surface area contributed by atoms with Crippen molar-refractivity contribution in [3.8, 4) is 0 Å². The maximum Gasteiger partial charge on any atom is 0.0205 e. The Labute approximate surface area is 124 Å². The van der Waals surface area contributed by atoms with Crippen LogP contribution in [0.15, 0.2) is 24.3 Å². The molecule has 0 spiro atoms. The third kappa shape index (κ3) is 4.60. The molecular weight excluding hydrogens is 244 g/mol. The molecule has 2 heteroatoms. The van der Waals surface area contributed by atoms with Crippen molar-refractivity contribution in [2.75, 3.05) is 26.2 Å². The quantitative estimate of drug-likeness (QED) is 0.852. The van der Waals surface area contributed by atoms with Crippen molar-refractivity contribution in [2.45, 2.75) is 46.1 Å². The van der Waals surface area contributed by atoms with Crippen LogP contribution in [-0.2, 0) is 6.54 Å². The lowest BCUT2D eigenvalue weighted by molar-refractivity contribution is 0.190. The first-order valence-electron chi connectivity index (χ1n) is 8.21. The van der Waals surface area contributed by atoms with Gasteiger partial charge in [0.2, 0.25) is 0 Å². The smallest absolute Gasteiger partial charge is 0.0205 e. The highest BCUT2D eigenvalue weighted by Gasteiger charge is 2.17. The van der Waals surface area contributed by atoms with E-state index in [0.717, 1.165) is 12.5 Å². The zero-order valence-corrected chi connectivity index (χ0v) is 13.4. The number of hydrogen-bond acceptors (Lipinski definition) is 2. The molecule has 0 atom stereocenters. The molecule has 2 nitrogen and oxygen atoms in total. The lowest BCUT2D eigenvalue weighted by atomic mass is 9.96. The lowest BCUT2D eigenvalue weighted by Gasteiger charge is -2.31. The Morgan fingerprint density at radius 3 is 2.35 bits per heavy atom. The number of nitrogens with zero attached hydrogens (tertiary/aromatic N) is 1. The highest BCUT2D eigenvalue weighted by molar-refractivity contribution is 5.24. The van der Waals surface area contributed by atoms with E-state index in [9.17, 15) is 0 Å². The molecule has 1 aromatic carbocycles. The molecule has 112 valence electrons. The van der Waals surface area contributed by atoms with Crippen LogP contribution in [0.2, 0.25) is 0 Å². The molecule has 1 aromatic rings. The van der Waals surface area contributed by atoms with E-state index in [4.69, 9.17) is 0 Å². The van der Waals surface area contributed by atoms with Gasteiger partial charge in [-0.1, -0.05) is 45.0 Å². The Morgan fingerprint density at radius 2 is 1.80 bits per heavy atom. The normalized spacial score (nSPS) is 17.8. The van der Waals surface area contributed by atoms with Crippen LogP contribution in [0.3, 0.4) is 0 Å². The predicted octanol–water partition coefficient (Wildman–Crippen LogP) is 3.63. The fraction of sp³-hybridized carbons (Fsp3) is 0.667. The van der Waals surface area contributed by atoms with Gasteiger partial charge in [-0.05, 0) is 62.0 Å². The molecule has 0 bridgehead atoms. The summed E-state index contributed by atoms with van der Waals surface area (Å²) in [6, 6.07) is 9.06. The van der Waals surface area contributed by atoms with Gasteiger partial charge in [0.15, 0.2) is 0 Å². The molecule has 1 aliphatic heterocycles. The third-order valence-corrected chi connectivity index (χ3v) is 4.56. The van der Waals surface area contributed by atoms with Crippen molar-refractivity contribution >= 4 is 0 Å². The second kappa shape index (κ2) is 7.80. The first kappa shape index (κ1) is 15.5. The van der Waals surface area contributed by atoms with Gasteiger partial charge in [0.1, 0.15) is 0 Å². The maximum atomic E-state index is 3.63. The van der Waals surface area contributed by atoms with E-state index in [1.165, 1.54) is 50.1 Å². The zero-order chi connectivity index (χ0) is 14.4. The van der Waals surface area contributed by atoms with Gasteiger partial charge >= 0.3 is 0 Å². The second-order valence-electron chi connectivity index (χ2n) is 6.40. The molecule has 0 radical (unpaired) electrons. The van der Waals surface area contributed by atoms with Gasteiger partial charge in [-0.15, -0.1) is 0 Å². The summed E-state index contributed by atoms with van der Waals surface area (Å²) in [6.45, 7) is 12.7. The minimum atomic E-state index is 0.626. The van der Waals surface area contributed by atoms with E-state index >= 15 is 0 Å². The summed E-state index contributed by atoms with van der Waals surface area (Å²) in [6.07, 6.45) is 2.71. The molecule has 0 amide bonds. The zero-order valence-electron chi connectivity index (χ0n) is 13.4. The minimum Gasteiger partial charge on any atom is -0.312 e. The van der Waals surface area contributed by atoms with Crippen LogP contribution in [0.25, 0.3) is 0 Å². The molecule has 1 heterocycles. The first-order valence-corrected chi connectivity index (χ1v) is 8.21. The molecular formula is C18H30N2. The van der Waals surface area contributed by atoms with E-state index in [0.29, 0.717) is 5.92 Å². The number of rotatable bonds is 6. The average molecular weight is 274 g/mol. The van der Waals surface area contributed by atoms with Gasteiger partial charge in [0, 0.05) is 6.54 Å². The van der Waals surface area contributed by atoms with Crippen LogP contribution in [0.4, 0.5) is 0 Å². The van der Waals surface area contributed by atoms with E-state index in [1.807, 2.05) is 0 Å². The molecule has 0 unspecified atom stereocenters. The lowest BCUT2D eigenvalue weighted by Crippen LogP contribution is -2.36. The van der Waals surface area contributed by atoms with Gasteiger partial charge in [0.05, 0.1) is 0 Å². The van der Waals surface area contributed by atoms with Gasteiger partial charge in [-0.25, -0.2) is 0 Å². The van der Waals surface area contributed by atoms with E-state index in [-0.39, 0.29) is 0 Å². The molecule has 1 fully saturated rings. The minimum absolute atomic E-state index is 0.626. The standard InChI is InChI=1S/C18H30N2/c1-4-20-11-9-17(10-12-20)14-19-13-16-5-7-18(8-6-16)15(2)3/h5-8,15,17,19H,4,9-14H2,1-3H3. The molecule has 0 saturated carbocycles. The van der Waals surface area contributed by atoms with Gasteiger partial charge in [0.25, 0.3) is 0 Å². The summed E-state index contributed by atoms with van der Waals surface area (Å²) in [5, 5.41) is 3.63. The Hall–Kier alpha value is -0.860. The topological polar surface area (TPSA) is 15.3 Å². The van der Waals surface area contributed by atoms with E-state index in [2.05, 4.69) is 55.3 Å². The number of benzene rings is 1. The summed E-state index contributed by atoms with van der Waals surface area (Å²) in [5.41, 5.74) is 2.83. The fourth-order valence-electron chi connectivity index (χ4n) is 2.95. The second-order valence-corrected chi connectivity index (χ2v) is 6.40. The third-order valence-electron chi connectivity index (χ3n) is 4.56. The molecule has 1 aliphatic rings. The molecule has 20 heavy (non-hydrogen) atoms. The van der Waals surface area contributed by atoms with Gasteiger partial charge in [-0.3, -0.25) is 0 Å². The maximum absolute atomic E-state index is 3.63. The van der Waals surface area contributed by atoms with Gasteiger partial charge in [-0.2, -0.15) is 0 Å². The molecule has 0 aliphatic carbocycles. The Balaban J connectivity index is 1.68. The Morgan fingerprint density at radius 1 is 1.15 bits per heavy atom. The van der Waals surface area contributed by atoms with Crippen molar-refractivity contribution in [3.63, 3.8) is 0 Å². The van der Waals surface area contributed by atoms with Crippen LogP contribution >= 0.6 is 0 Å². The van der Waals surface area contributed by atoms with Crippen molar-refractivity contribution in [1.29, 1.82) is 0 Å². The van der Waals surface area contributed by atoms with Gasteiger partial charge < -0.3 is 10.2 Å². The Bertz CT molecular complexity index is 375. The molecule has 1 saturated heterocycles. The average Bonchev–Trinajstić information content (AvgIpc) is 2.48. The summed E-state index contributed by atoms with van der Waals surface area (Å²) in [4.78, 5) is 2.56.